The van der Waals surface area contributed by atoms with Gasteiger partial charge in [-0.1, -0.05) is 0 Å². The summed E-state index contributed by atoms with van der Waals surface area (Å²) in [4.78, 5) is 10.6. The fourth-order valence-electron chi connectivity index (χ4n) is 0.808. The van der Waals surface area contributed by atoms with E-state index in [9.17, 15) is 4.79 Å². The molecule has 0 atom stereocenters. The molecule has 0 aliphatic heterocycles. The summed E-state index contributed by atoms with van der Waals surface area (Å²) in [6, 6.07) is 1.88. The molecule has 1 aromatic rings. The average molecular weight is 152 g/mol. The Kier molecular flexibility index (Phi) is 1.81. The number of hydrogen-bond donors (Lipinski definition) is 1. The van der Waals surface area contributed by atoms with Gasteiger partial charge in [-0.2, -0.15) is 5.10 Å². The smallest absolute Gasteiger partial charge is 0.131 e. The minimum Gasteiger partial charge on any atom is -0.302 e. The molecule has 0 bridgehead atoms. The molecular formula is C8H12N2O. The molecule has 0 aliphatic rings. The van der Waals surface area contributed by atoms with E-state index in [0.29, 0.717) is 0 Å². The molecule has 0 unspecified atom stereocenters. The fourth-order valence-corrected chi connectivity index (χ4v) is 0.808. The number of carbonyl (C=O) groups excluding carboxylic acids is 1. The number of nitrogens with one attached hydrogen (secondary N) is 1. The Morgan fingerprint density at radius 3 is 2.64 bits per heavy atom. The van der Waals surface area contributed by atoms with E-state index < -0.39 is 5.41 Å². The van der Waals surface area contributed by atoms with Crippen LogP contribution in [0.25, 0.3) is 0 Å². The van der Waals surface area contributed by atoms with Crippen molar-refractivity contribution in [2.75, 3.05) is 0 Å². The third-order valence-electron chi connectivity index (χ3n) is 1.66. The number of H-pyrrole nitrogens is 1. The van der Waals surface area contributed by atoms with E-state index in [1.54, 1.807) is 0 Å². The molecule has 1 rings (SSSR count). The summed E-state index contributed by atoms with van der Waals surface area (Å²) < 4.78 is 0. The average Bonchev–Trinajstić information content (AvgIpc) is 2.36. The molecule has 0 aromatic carbocycles. The molecule has 3 nitrogen and oxygen atoms in total. The van der Waals surface area contributed by atoms with E-state index in [1.807, 2.05) is 26.8 Å². The summed E-state index contributed by atoms with van der Waals surface area (Å²) in [5.74, 6) is 0. The summed E-state index contributed by atoms with van der Waals surface area (Å²) in [5.41, 5.74) is 1.31. The number of nitrogens with zero attached hydrogens (tertiary/aromatic N) is 1. The van der Waals surface area contributed by atoms with Gasteiger partial charge in [-0.15, -0.1) is 0 Å². The Hall–Kier alpha value is -1.12. The Labute approximate surface area is 65.8 Å². The minimum absolute atomic E-state index is 0.468. The third kappa shape index (κ3) is 1.48. The molecule has 0 aliphatic carbocycles. The third-order valence-corrected chi connectivity index (χ3v) is 1.66. The van der Waals surface area contributed by atoms with Crippen LogP contribution >= 0.6 is 0 Å². The van der Waals surface area contributed by atoms with E-state index in [-0.39, 0.29) is 0 Å². The zero-order valence-electron chi connectivity index (χ0n) is 7.01. The molecule has 1 aromatic heterocycles. The molecule has 0 amide bonds. The number of aldehydes is 1. The maximum atomic E-state index is 10.6. The van der Waals surface area contributed by atoms with E-state index in [4.69, 9.17) is 0 Å². The minimum atomic E-state index is -0.468. The molecule has 3 heteroatoms. The molecule has 1 N–H and O–H groups in total. The molecule has 0 saturated heterocycles. The Morgan fingerprint density at radius 2 is 2.27 bits per heavy atom. The topological polar surface area (TPSA) is 45.8 Å². The predicted octanol–water partition coefficient (Wildman–Crippen LogP) is 1.19. The van der Waals surface area contributed by atoms with Gasteiger partial charge in [0.05, 0.1) is 11.1 Å². The monoisotopic (exact) mass is 152 g/mol. The van der Waals surface area contributed by atoms with E-state index >= 15 is 0 Å². The van der Waals surface area contributed by atoms with Gasteiger partial charge < -0.3 is 4.79 Å². The SMILES string of the molecule is Cc1cc(C(C)(C)C=O)n[nH]1. The van der Waals surface area contributed by atoms with Crippen molar-refractivity contribution in [1.82, 2.24) is 10.2 Å². The van der Waals surface area contributed by atoms with E-state index in [1.165, 1.54) is 0 Å². The van der Waals surface area contributed by atoms with Crippen LogP contribution in [0.4, 0.5) is 0 Å². The van der Waals surface area contributed by atoms with Crippen molar-refractivity contribution < 1.29 is 4.79 Å². The van der Waals surface area contributed by atoms with Crippen LogP contribution in [0.5, 0.6) is 0 Å². The van der Waals surface area contributed by atoms with Gasteiger partial charge in [0.25, 0.3) is 0 Å². The Balaban J connectivity index is 3.01. The van der Waals surface area contributed by atoms with Gasteiger partial charge in [-0.25, -0.2) is 0 Å². The predicted molar refractivity (Wildman–Crippen MR) is 42.4 cm³/mol. The van der Waals surface area contributed by atoms with Crippen molar-refractivity contribution in [2.45, 2.75) is 26.2 Å². The summed E-state index contributed by atoms with van der Waals surface area (Å²) in [5, 5.41) is 6.80. The van der Waals surface area contributed by atoms with Crippen LogP contribution in [0.15, 0.2) is 6.07 Å². The number of aromatic nitrogens is 2. The first-order valence-electron chi connectivity index (χ1n) is 3.55. The van der Waals surface area contributed by atoms with Crippen LogP contribution in [0.3, 0.4) is 0 Å². The first kappa shape index (κ1) is 7.98. The molecule has 1 heterocycles. The fraction of sp³-hybridized carbons (Fsp3) is 0.500. The lowest BCUT2D eigenvalue weighted by molar-refractivity contribution is -0.111. The van der Waals surface area contributed by atoms with Crippen LogP contribution in [-0.4, -0.2) is 16.5 Å². The number of aryl methyl sites for hydroxylation is 1. The van der Waals surface area contributed by atoms with Crippen LogP contribution in [-0.2, 0) is 10.2 Å². The highest BCUT2D eigenvalue weighted by atomic mass is 16.1. The highest BCUT2D eigenvalue weighted by molar-refractivity contribution is 5.65. The van der Waals surface area contributed by atoms with Crippen molar-refractivity contribution in [2.24, 2.45) is 0 Å². The molecule has 0 radical (unpaired) electrons. The quantitative estimate of drug-likeness (QED) is 0.647. The first-order valence-corrected chi connectivity index (χ1v) is 3.55. The lowest BCUT2D eigenvalue weighted by Crippen LogP contribution is -2.19. The summed E-state index contributed by atoms with van der Waals surface area (Å²) in [7, 11) is 0. The zero-order valence-corrected chi connectivity index (χ0v) is 7.01. The summed E-state index contributed by atoms with van der Waals surface area (Å²) in [6.07, 6.45) is 0.905. The zero-order chi connectivity index (χ0) is 8.48. The molecule has 0 spiro atoms. The van der Waals surface area contributed by atoms with Crippen LogP contribution in [0.1, 0.15) is 25.2 Å². The van der Waals surface area contributed by atoms with Gasteiger partial charge in [-0.05, 0) is 26.8 Å². The van der Waals surface area contributed by atoms with Crippen molar-refractivity contribution in [3.8, 4) is 0 Å². The Morgan fingerprint density at radius 1 is 1.64 bits per heavy atom. The van der Waals surface area contributed by atoms with Crippen molar-refractivity contribution >= 4 is 6.29 Å². The van der Waals surface area contributed by atoms with Gasteiger partial charge in [0.2, 0.25) is 0 Å². The highest BCUT2D eigenvalue weighted by Gasteiger charge is 2.21. The number of rotatable bonds is 2. The van der Waals surface area contributed by atoms with Crippen LogP contribution in [0, 0.1) is 6.92 Å². The van der Waals surface area contributed by atoms with Crippen molar-refractivity contribution in [3.63, 3.8) is 0 Å². The van der Waals surface area contributed by atoms with E-state index in [2.05, 4.69) is 10.2 Å². The van der Waals surface area contributed by atoms with Gasteiger partial charge in [-0.3, -0.25) is 5.10 Å². The lowest BCUT2D eigenvalue weighted by atomic mass is 9.91. The highest BCUT2D eigenvalue weighted by Crippen LogP contribution is 2.17. The standard InChI is InChI=1S/C8H12N2O/c1-6-4-7(10-9-6)8(2,3)5-11/h4-5H,1-3H3,(H,9,10). The van der Waals surface area contributed by atoms with Crippen LogP contribution < -0.4 is 0 Å². The van der Waals surface area contributed by atoms with E-state index in [0.717, 1.165) is 17.7 Å². The maximum absolute atomic E-state index is 10.6. The second-order valence-electron chi connectivity index (χ2n) is 3.28. The Bertz CT molecular complexity index is 263. The lowest BCUT2D eigenvalue weighted by Gasteiger charge is -2.11. The second kappa shape index (κ2) is 2.49. The molecular weight excluding hydrogens is 140 g/mol. The van der Waals surface area contributed by atoms with Crippen LogP contribution in [0.2, 0.25) is 0 Å². The molecule has 0 saturated carbocycles. The van der Waals surface area contributed by atoms with Crippen molar-refractivity contribution in [3.05, 3.63) is 17.5 Å². The van der Waals surface area contributed by atoms with Gasteiger partial charge in [0, 0.05) is 5.69 Å². The number of carbonyl (C=O) groups is 1. The van der Waals surface area contributed by atoms with Crippen molar-refractivity contribution in [1.29, 1.82) is 0 Å². The van der Waals surface area contributed by atoms with Gasteiger partial charge in [0.15, 0.2) is 0 Å². The second-order valence-corrected chi connectivity index (χ2v) is 3.28. The first-order chi connectivity index (χ1) is 5.06. The number of hydrogen-bond acceptors (Lipinski definition) is 2. The number of aromatic amines is 1. The summed E-state index contributed by atoms with van der Waals surface area (Å²) >= 11 is 0. The summed E-state index contributed by atoms with van der Waals surface area (Å²) in [6.45, 7) is 5.60. The van der Waals surface area contributed by atoms with Gasteiger partial charge >= 0.3 is 0 Å². The molecule has 60 valence electrons. The molecule has 11 heavy (non-hydrogen) atoms. The largest absolute Gasteiger partial charge is 0.302 e. The normalized spacial score (nSPS) is 11.5. The van der Waals surface area contributed by atoms with Gasteiger partial charge in [0.1, 0.15) is 6.29 Å². The molecule has 0 fully saturated rings. The maximum Gasteiger partial charge on any atom is 0.131 e.